The van der Waals surface area contributed by atoms with Gasteiger partial charge in [-0.15, -0.1) is 0 Å². The van der Waals surface area contributed by atoms with Gasteiger partial charge in [0, 0.05) is 12.7 Å². The van der Waals surface area contributed by atoms with Gasteiger partial charge in [0.25, 0.3) is 0 Å². The Labute approximate surface area is 102 Å². The second-order valence-electron chi connectivity index (χ2n) is 4.11. The number of benzene rings is 1. The summed E-state index contributed by atoms with van der Waals surface area (Å²) in [6.45, 7) is 2.82. The lowest BCUT2D eigenvalue weighted by molar-refractivity contribution is 0.157. The Kier molecular flexibility index (Phi) is 3.94. The second-order valence-corrected chi connectivity index (χ2v) is 4.11. The maximum Gasteiger partial charge on any atom is 0.0959 e. The molecule has 1 atom stereocenters. The van der Waals surface area contributed by atoms with Crippen molar-refractivity contribution < 1.29 is 5.11 Å². The van der Waals surface area contributed by atoms with E-state index in [2.05, 4.69) is 17.2 Å². The average molecular weight is 230 g/mol. The van der Waals surface area contributed by atoms with E-state index in [0.717, 1.165) is 25.1 Å². The number of aryl methyl sites for hydroxylation is 2. The monoisotopic (exact) mass is 230 g/mol. The summed E-state index contributed by atoms with van der Waals surface area (Å²) in [5, 5.41) is 14.3. The SMILES string of the molecule is CCn1nccc1C(O)CCc1ccccc1. The van der Waals surface area contributed by atoms with Crippen molar-refractivity contribution in [3.05, 3.63) is 53.9 Å². The summed E-state index contributed by atoms with van der Waals surface area (Å²) in [5.74, 6) is 0. The summed E-state index contributed by atoms with van der Waals surface area (Å²) in [6, 6.07) is 12.1. The molecular weight excluding hydrogens is 212 g/mol. The smallest absolute Gasteiger partial charge is 0.0959 e. The van der Waals surface area contributed by atoms with Crippen molar-refractivity contribution in [1.29, 1.82) is 0 Å². The van der Waals surface area contributed by atoms with Gasteiger partial charge in [-0.3, -0.25) is 4.68 Å². The summed E-state index contributed by atoms with van der Waals surface area (Å²) in [7, 11) is 0. The van der Waals surface area contributed by atoms with Crippen LogP contribution in [-0.2, 0) is 13.0 Å². The van der Waals surface area contributed by atoms with Gasteiger partial charge in [0.1, 0.15) is 0 Å². The molecule has 0 radical (unpaired) electrons. The van der Waals surface area contributed by atoms with Gasteiger partial charge in [-0.25, -0.2) is 0 Å². The van der Waals surface area contributed by atoms with Crippen LogP contribution in [0.15, 0.2) is 42.6 Å². The van der Waals surface area contributed by atoms with Gasteiger partial charge < -0.3 is 5.11 Å². The summed E-state index contributed by atoms with van der Waals surface area (Å²) < 4.78 is 1.84. The molecule has 0 saturated carbocycles. The zero-order valence-corrected chi connectivity index (χ0v) is 10.1. The third-order valence-corrected chi connectivity index (χ3v) is 2.94. The highest BCUT2D eigenvalue weighted by Crippen LogP contribution is 2.18. The van der Waals surface area contributed by atoms with Crippen LogP contribution in [0.1, 0.15) is 30.7 Å². The molecule has 17 heavy (non-hydrogen) atoms. The first-order chi connectivity index (χ1) is 8.31. The lowest BCUT2D eigenvalue weighted by atomic mass is 10.1. The van der Waals surface area contributed by atoms with E-state index in [9.17, 15) is 5.11 Å². The topological polar surface area (TPSA) is 38.0 Å². The van der Waals surface area contributed by atoms with Gasteiger partial charge in [-0.2, -0.15) is 5.10 Å². The normalized spacial score (nSPS) is 12.6. The maximum absolute atomic E-state index is 10.1. The molecule has 1 N–H and O–H groups in total. The van der Waals surface area contributed by atoms with E-state index < -0.39 is 6.10 Å². The number of aromatic nitrogens is 2. The van der Waals surface area contributed by atoms with Gasteiger partial charge >= 0.3 is 0 Å². The largest absolute Gasteiger partial charge is 0.387 e. The fourth-order valence-corrected chi connectivity index (χ4v) is 1.99. The minimum atomic E-state index is -0.433. The Morgan fingerprint density at radius 3 is 2.71 bits per heavy atom. The lowest BCUT2D eigenvalue weighted by Gasteiger charge is -2.12. The molecule has 0 saturated heterocycles. The molecule has 0 aliphatic heterocycles. The van der Waals surface area contributed by atoms with E-state index in [4.69, 9.17) is 0 Å². The van der Waals surface area contributed by atoms with Crippen molar-refractivity contribution >= 4 is 0 Å². The predicted octanol–water partition coefficient (Wildman–Crippen LogP) is 2.57. The van der Waals surface area contributed by atoms with Crippen LogP contribution in [0.4, 0.5) is 0 Å². The first kappa shape index (κ1) is 11.9. The molecule has 3 nitrogen and oxygen atoms in total. The Balaban J connectivity index is 1.96. The third-order valence-electron chi connectivity index (χ3n) is 2.94. The van der Waals surface area contributed by atoms with E-state index in [0.29, 0.717) is 0 Å². The van der Waals surface area contributed by atoms with Gasteiger partial charge in [0.05, 0.1) is 11.8 Å². The number of hydrogen-bond acceptors (Lipinski definition) is 2. The number of nitrogens with zero attached hydrogens (tertiary/aromatic N) is 2. The van der Waals surface area contributed by atoms with Crippen LogP contribution in [0.3, 0.4) is 0 Å². The van der Waals surface area contributed by atoms with E-state index in [-0.39, 0.29) is 0 Å². The summed E-state index contributed by atoms with van der Waals surface area (Å²) in [4.78, 5) is 0. The molecule has 2 aromatic rings. The molecule has 0 aliphatic rings. The molecule has 1 unspecified atom stereocenters. The molecule has 1 heterocycles. The highest BCUT2D eigenvalue weighted by Gasteiger charge is 2.12. The summed E-state index contributed by atoms with van der Waals surface area (Å²) in [6.07, 6.45) is 2.93. The van der Waals surface area contributed by atoms with Crippen molar-refractivity contribution in [1.82, 2.24) is 9.78 Å². The summed E-state index contributed by atoms with van der Waals surface area (Å²) in [5.41, 5.74) is 2.16. The molecule has 0 fully saturated rings. The molecule has 0 bridgehead atoms. The van der Waals surface area contributed by atoms with E-state index in [1.807, 2.05) is 35.9 Å². The summed E-state index contributed by atoms with van der Waals surface area (Å²) >= 11 is 0. The minimum absolute atomic E-state index is 0.433. The Morgan fingerprint density at radius 2 is 2.00 bits per heavy atom. The molecular formula is C14H18N2O. The number of hydrogen-bond donors (Lipinski definition) is 1. The van der Waals surface area contributed by atoms with Gasteiger partial charge in [-0.05, 0) is 31.4 Å². The minimum Gasteiger partial charge on any atom is -0.387 e. The zero-order chi connectivity index (χ0) is 12.1. The molecule has 0 amide bonds. The average Bonchev–Trinajstić information content (AvgIpc) is 2.85. The second kappa shape index (κ2) is 5.64. The standard InChI is InChI=1S/C14H18N2O/c1-2-16-13(10-11-15-16)14(17)9-8-12-6-4-3-5-7-12/h3-7,10-11,14,17H,2,8-9H2,1H3. The molecule has 0 aliphatic carbocycles. The van der Waals surface area contributed by atoms with E-state index in [1.54, 1.807) is 6.20 Å². The molecule has 0 spiro atoms. The predicted molar refractivity (Wildman–Crippen MR) is 67.6 cm³/mol. The van der Waals surface area contributed by atoms with Crippen molar-refractivity contribution in [3.8, 4) is 0 Å². The molecule has 1 aromatic heterocycles. The quantitative estimate of drug-likeness (QED) is 0.857. The van der Waals surface area contributed by atoms with Crippen LogP contribution < -0.4 is 0 Å². The van der Waals surface area contributed by atoms with E-state index >= 15 is 0 Å². The van der Waals surface area contributed by atoms with Crippen LogP contribution in [0.25, 0.3) is 0 Å². The number of aliphatic hydroxyl groups is 1. The van der Waals surface area contributed by atoms with Gasteiger partial charge in [-0.1, -0.05) is 30.3 Å². The highest BCUT2D eigenvalue weighted by molar-refractivity contribution is 5.15. The van der Waals surface area contributed by atoms with Gasteiger partial charge in [0.2, 0.25) is 0 Å². The first-order valence-electron chi connectivity index (χ1n) is 6.05. The maximum atomic E-state index is 10.1. The van der Waals surface area contributed by atoms with Crippen LogP contribution in [0.5, 0.6) is 0 Å². The third kappa shape index (κ3) is 2.94. The Bertz CT molecular complexity index is 450. The van der Waals surface area contributed by atoms with Crippen LogP contribution in [0, 0.1) is 0 Å². The van der Waals surface area contributed by atoms with Crippen LogP contribution >= 0.6 is 0 Å². The van der Waals surface area contributed by atoms with Crippen molar-refractivity contribution in [3.63, 3.8) is 0 Å². The molecule has 1 aromatic carbocycles. The van der Waals surface area contributed by atoms with Crippen molar-refractivity contribution in [2.75, 3.05) is 0 Å². The van der Waals surface area contributed by atoms with Crippen LogP contribution in [0.2, 0.25) is 0 Å². The van der Waals surface area contributed by atoms with Crippen molar-refractivity contribution in [2.24, 2.45) is 0 Å². The number of rotatable bonds is 5. The molecule has 2 rings (SSSR count). The fourth-order valence-electron chi connectivity index (χ4n) is 1.99. The highest BCUT2D eigenvalue weighted by atomic mass is 16.3. The lowest BCUT2D eigenvalue weighted by Crippen LogP contribution is -2.08. The zero-order valence-electron chi connectivity index (χ0n) is 10.1. The molecule has 3 heteroatoms. The first-order valence-corrected chi connectivity index (χ1v) is 6.05. The Morgan fingerprint density at radius 1 is 1.24 bits per heavy atom. The van der Waals surface area contributed by atoms with Gasteiger partial charge in [0.15, 0.2) is 0 Å². The fraction of sp³-hybridized carbons (Fsp3) is 0.357. The number of aliphatic hydroxyl groups excluding tert-OH is 1. The van der Waals surface area contributed by atoms with Crippen molar-refractivity contribution in [2.45, 2.75) is 32.4 Å². The van der Waals surface area contributed by atoms with Crippen LogP contribution in [-0.4, -0.2) is 14.9 Å². The molecule has 90 valence electrons. The Hall–Kier alpha value is -1.61. The van der Waals surface area contributed by atoms with E-state index in [1.165, 1.54) is 5.56 Å².